The third kappa shape index (κ3) is 23.5. The summed E-state index contributed by atoms with van der Waals surface area (Å²) in [5.41, 5.74) is -1.74. The minimum atomic E-state index is -2.61. The van der Waals surface area contributed by atoms with Crippen LogP contribution in [-0.4, -0.2) is 337 Å². The maximum absolute atomic E-state index is 14.2. The van der Waals surface area contributed by atoms with Gasteiger partial charge in [-0.2, -0.15) is 0 Å². The van der Waals surface area contributed by atoms with Crippen molar-refractivity contribution in [3.63, 3.8) is 0 Å². The van der Waals surface area contributed by atoms with Crippen LogP contribution in [0.3, 0.4) is 0 Å². The minimum absolute atomic E-state index is 0.0147. The molecule has 2 rings (SSSR count). The molecule has 0 aliphatic carbocycles. The van der Waals surface area contributed by atoms with Crippen molar-refractivity contribution in [1.82, 2.24) is 40.9 Å². The van der Waals surface area contributed by atoms with E-state index in [0.29, 0.717) is 12.1 Å². The molecule has 22 N–H and O–H groups in total. The van der Waals surface area contributed by atoms with Gasteiger partial charge in [0.15, 0.2) is 18.3 Å². The SMILES string of the molecule is [CH]C[CH]N1CCN(Cc2cccc(C(=O)NCC(CNC(=O)C(O)C(O)C(O)C(O)CO)(CNC(=O)C(O)C(O)C(O)C(O)CO)CNC(=O)C(O)C(O)C(O)C(O)CO)c2)CCN(C(CCC(=O)O)C(=O)O)CCN(C(C[CH])C(=O)O)CC1. The van der Waals surface area contributed by atoms with Crippen molar-refractivity contribution in [2.75, 3.05) is 98.4 Å². The Morgan fingerprint density at radius 1 is 0.536 bits per heavy atom. The highest BCUT2D eigenvalue weighted by molar-refractivity contribution is 5.94. The molecule has 0 spiro atoms. The second kappa shape index (κ2) is 37.3. The van der Waals surface area contributed by atoms with Crippen LogP contribution < -0.4 is 21.3 Å². The molecule has 84 heavy (non-hydrogen) atoms. The fraction of sp³-hybridized carbons (Fsp3) is 0.686. The van der Waals surface area contributed by atoms with E-state index >= 15 is 0 Å². The smallest absolute Gasteiger partial charge is 0.320 e. The number of carboxylic acid groups (broad SMARTS) is 3. The first-order valence-electron chi connectivity index (χ1n) is 26.6. The summed E-state index contributed by atoms with van der Waals surface area (Å²) in [6.07, 6.45) is -29.5. The van der Waals surface area contributed by atoms with E-state index in [1.165, 1.54) is 23.1 Å². The Balaban J connectivity index is 2.70. The van der Waals surface area contributed by atoms with Crippen molar-refractivity contribution >= 4 is 41.5 Å². The maximum Gasteiger partial charge on any atom is 0.320 e. The van der Waals surface area contributed by atoms with Crippen LogP contribution in [0, 0.1) is 25.8 Å². The van der Waals surface area contributed by atoms with Gasteiger partial charge in [-0.3, -0.25) is 53.2 Å². The molecule has 14 unspecified atom stereocenters. The molecule has 14 atom stereocenters. The number of aliphatic carboxylic acids is 3. The van der Waals surface area contributed by atoms with Crippen LogP contribution in [0.25, 0.3) is 0 Å². The standard InChI is InChI=1S/C51H83N8O25/c1-3-10-56-11-12-57(14-16-59(31(50(83)84)8-9-35(66)67)18-17-58(15-13-56)30(4-2)49(81)82)20-28-6-5-7-29(19-28)45(77)52-24-51(25-53-46(78)42(74)39(71)36(68)32(63)21-60,26-54-47(79)43(75)40(72)37(69)33(64)22-61)27-55-48(80)44(76)41(73)38(70)34(65)23-62/h1-2,5-7,10,19,30-34,36-44,60-65,68-76H,3-4,8-9,11-18,20-27H2,(H,52,77)(H,53,78)(H,54,79)(H,55,80)(H,66,67)(H,81,82)(H,83,84). The molecule has 1 aromatic rings. The maximum atomic E-state index is 14.2. The average molecular weight is 1210 g/mol. The Labute approximate surface area is 484 Å². The number of aliphatic hydroxyl groups is 15. The summed E-state index contributed by atoms with van der Waals surface area (Å²) in [5.74, 6) is -9.34. The molecule has 1 aromatic carbocycles. The lowest BCUT2D eigenvalue weighted by atomic mass is 9.86. The van der Waals surface area contributed by atoms with E-state index in [1.807, 2.05) is 9.80 Å². The van der Waals surface area contributed by atoms with Crippen LogP contribution in [0.1, 0.15) is 41.6 Å². The van der Waals surface area contributed by atoms with Crippen molar-refractivity contribution in [2.24, 2.45) is 5.41 Å². The molecular formula is C51H83N8O25. The number of carbonyl (C=O) groups is 7. The largest absolute Gasteiger partial charge is 0.481 e. The van der Waals surface area contributed by atoms with Gasteiger partial charge in [0, 0.05) is 109 Å². The van der Waals surface area contributed by atoms with Gasteiger partial charge in [0.1, 0.15) is 67.0 Å². The number of carboxylic acids is 3. The normalized spacial score (nSPS) is 20.4. The van der Waals surface area contributed by atoms with Gasteiger partial charge in [0.25, 0.3) is 23.6 Å². The van der Waals surface area contributed by atoms with Crippen molar-refractivity contribution in [1.29, 1.82) is 0 Å². The van der Waals surface area contributed by atoms with Gasteiger partial charge in [-0.25, -0.2) is 0 Å². The second-order valence-corrected chi connectivity index (χ2v) is 20.2. The average Bonchev–Trinajstić information content (AvgIpc) is 3.66. The Morgan fingerprint density at radius 3 is 1.33 bits per heavy atom. The fourth-order valence-corrected chi connectivity index (χ4v) is 8.73. The first-order valence-corrected chi connectivity index (χ1v) is 26.6. The van der Waals surface area contributed by atoms with Gasteiger partial charge in [-0.1, -0.05) is 12.1 Å². The lowest BCUT2D eigenvalue weighted by Gasteiger charge is -2.37. The Hall–Kier alpha value is -5.25. The first kappa shape index (κ1) is 74.8. The third-order valence-corrected chi connectivity index (χ3v) is 14.1. The lowest BCUT2D eigenvalue weighted by Crippen LogP contribution is -2.61. The highest BCUT2D eigenvalue weighted by Crippen LogP contribution is 2.20. The minimum Gasteiger partial charge on any atom is -0.481 e. The highest BCUT2D eigenvalue weighted by atomic mass is 16.4. The van der Waals surface area contributed by atoms with E-state index in [-0.39, 0.29) is 77.2 Å². The van der Waals surface area contributed by atoms with Gasteiger partial charge in [0.05, 0.1) is 19.8 Å². The predicted octanol–water partition coefficient (Wildman–Crippen LogP) is -11.1. The van der Waals surface area contributed by atoms with Crippen molar-refractivity contribution in [3.8, 4) is 0 Å². The van der Waals surface area contributed by atoms with E-state index in [1.54, 1.807) is 17.5 Å². The summed E-state index contributed by atoms with van der Waals surface area (Å²) in [4.78, 5) is 97.7. The Kier molecular flexibility index (Phi) is 33.3. The van der Waals surface area contributed by atoms with Crippen LogP contribution >= 0.6 is 0 Å². The van der Waals surface area contributed by atoms with Crippen molar-refractivity contribution in [3.05, 3.63) is 55.8 Å². The number of aliphatic hydroxyl groups excluding tert-OH is 15. The molecule has 477 valence electrons. The summed E-state index contributed by atoms with van der Waals surface area (Å²) < 4.78 is 0. The highest BCUT2D eigenvalue weighted by Gasteiger charge is 2.41. The molecule has 1 aliphatic heterocycles. The molecule has 1 aliphatic rings. The zero-order chi connectivity index (χ0) is 63.6. The van der Waals surface area contributed by atoms with Crippen molar-refractivity contribution < 1.29 is 125 Å². The molecule has 33 nitrogen and oxygen atoms in total. The number of nitrogens with zero attached hydrogens (tertiary/aromatic N) is 4. The third-order valence-electron chi connectivity index (χ3n) is 14.1. The number of hydrogen-bond acceptors (Lipinski definition) is 26. The van der Waals surface area contributed by atoms with Gasteiger partial charge in [0.2, 0.25) is 0 Å². The fourth-order valence-electron chi connectivity index (χ4n) is 8.73. The number of carbonyl (C=O) groups excluding carboxylic acids is 4. The van der Waals surface area contributed by atoms with Crippen LogP contribution in [-0.2, 0) is 35.3 Å². The summed E-state index contributed by atoms with van der Waals surface area (Å²) in [7, 11) is 0. The number of rotatable bonds is 36. The number of benzene rings is 1. The zero-order valence-corrected chi connectivity index (χ0v) is 46.0. The first-order chi connectivity index (χ1) is 39.5. The van der Waals surface area contributed by atoms with Crippen molar-refractivity contribution in [2.45, 2.75) is 118 Å². The second-order valence-electron chi connectivity index (χ2n) is 20.2. The Morgan fingerprint density at radius 2 is 0.929 bits per heavy atom. The van der Waals surface area contributed by atoms with Crippen LogP contribution in [0.5, 0.6) is 0 Å². The monoisotopic (exact) mass is 1210 g/mol. The molecule has 5 radical (unpaired) electrons. The summed E-state index contributed by atoms with van der Waals surface area (Å²) in [6, 6.07) is 3.43. The van der Waals surface area contributed by atoms with E-state index in [0.717, 1.165) is 0 Å². The molecule has 33 heteroatoms. The van der Waals surface area contributed by atoms with Gasteiger partial charge in [-0.15, -0.1) is 0 Å². The summed E-state index contributed by atoms with van der Waals surface area (Å²) >= 11 is 0. The van der Waals surface area contributed by atoms with E-state index in [2.05, 4.69) is 21.3 Å². The van der Waals surface area contributed by atoms with Gasteiger partial charge in [-0.05, 0) is 50.8 Å². The number of nitrogens with one attached hydrogen (secondary N) is 4. The van der Waals surface area contributed by atoms with Crippen LogP contribution in [0.15, 0.2) is 24.3 Å². The van der Waals surface area contributed by atoms with Crippen LogP contribution in [0.2, 0.25) is 0 Å². The quantitative estimate of drug-likeness (QED) is 0.0297. The van der Waals surface area contributed by atoms with E-state index in [4.69, 9.17) is 13.8 Å². The predicted molar refractivity (Wildman–Crippen MR) is 285 cm³/mol. The van der Waals surface area contributed by atoms with E-state index in [9.17, 15) is 125 Å². The zero-order valence-electron chi connectivity index (χ0n) is 46.0. The number of amides is 4. The molecule has 1 heterocycles. The Bertz CT molecular complexity index is 2100. The molecule has 0 bridgehead atoms. The van der Waals surface area contributed by atoms with E-state index < -0.39 is 185 Å². The van der Waals surface area contributed by atoms with Crippen LogP contribution in [0.4, 0.5) is 0 Å². The lowest BCUT2D eigenvalue weighted by molar-refractivity contribution is -0.150. The molecular weight excluding hydrogens is 1120 g/mol. The molecule has 4 amide bonds. The molecule has 0 saturated carbocycles. The topological polar surface area (TPSA) is 545 Å². The van der Waals surface area contributed by atoms with Gasteiger partial charge >= 0.3 is 17.9 Å². The summed E-state index contributed by atoms with van der Waals surface area (Å²) in [6.45, 7) is 7.49. The molecule has 1 saturated heterocycles. The molecule has 0 aromatic heterocycles. The molecule has 1 fully saturated rings. The summed E-state index contributed by atoms with van der Waals surface area (Å²) in [5, 5.41) is 190. The van der Waals surface area contributed by atoms with Gasteiger partial charge < -0.3 is 113 Å². The number of hydrogen-bond donors (Lipinski definition) is 22.